The second-order valence-electron chi connectivity index (χ2n) is 3.66. The number of hydrogen-bond acceptors (Lipinski definition) is 5. The molecule has 2 heterocycles. The van der Waals surface area contributed by atoms with Crippen molar-refractivity contribution in [2.45, 2.75) is 18.9 Å². The van der Waals surface area contributed by atoms with E-state index in [4.69, 9.17) is 12.2 Å². The van der Waals surface area contributed by atoms with Crippen LogP contribution in [0.15, 0.2) is 0 Å². The molecule has 1 saturated heterocycles. The molecule has 0 saturated carbocycles. The molecule has 78 valence electrons. The lowest BCUT2D eigenvalue weighted by molar-refractivity contribution is 0.261. The highest BCUT2D eigenvalue weighted by atomic mass is 32.1. The molecular weight excluding hydrogens is 216 g/mol. The van der Waals surface area contributed by atoms with E-state index in [9.17, 15) is 0 Å². The van der Waals surface area contributed by atoms with Crippen molar-refractivity contribution in [3.8, 4) is 0 Å². The van der Waals surface area contributed by atoms with Crippen LogP contribution in [0.1, 0.15) is 12.8 Å². The summed E-state index contributed by atoms with van der Waals surface area (Å²) in [7, 11) is 2.15. The SMILES string of the molecule is CN1CCCC(Nc2n[nH]c(=S)s2)C1. The number of hydrogen-bond donors (Lipinski definition) is 2. The summed E-state index contributed by atoms with van der Waals surface area (Å²) < 4.78 is 0.733. The van der Waals surface area contributed by atoms with Gasteiger partial charge in [-0.2, -0.15) is 0 Å². The van der Waals surface area contributed by atoms with E-state index >= 15 is 0 Å². The zero-order valence-corrected chi connectivity index (χ0v) is 9.75. The minimum Gasteiger partial charge on any atom is -0.356 e. The van der Waals surface area contributed by atoms with E-state index in [0.29, 0.717) is 6.04 Å². The Kier molecular flexibility index (Phi) is 3.15. The van der Waals surface area contributed by atoms with E-state index < -0.39 is 0 Å². The maximum atomic E-state index is 4.97. The summed E-state index contributed by atoms with van der Waals surface area (Å²) in [5.74, 6) is 0. The third-order valence-corrected chi connectivity index (χ3v) is 3.41. The molecule has 1 aromatic heterocycles. The Morgan fingerprint density at radius 3 is 3.21 bits per heavy atom. The molecule has 1 aliphatic heterocycles. The van der Waals surface area contributed by atoms with Crippen molar-refractivity contribution in [1.29, 1.82) is 0 Å². The number of nitrogens with zero attached hydrogens (tertiary/aromatic N) is 2. The first kappa shape index (κ1) is 10.1. The molecule has 6 heteroatoms. The first-order valence-electron chi connectivity index (χ1n) is 4.74. The molecule has 0 aromatic carbocycles. The number of aromatic nitrogens is 2. The molecule has 0 radical (unpaired) electrons. The first-order chi connectivity index (χ1) is 6.74. The third-order valence-electron chi connectivity index (χ3n) is 2.39. The zero-order chi connectivity index (χ0) is 9.97. The van der Waals surface area contributed by atoms with Crippen LogP contribution in [-0.4, -0.2) is 41.3 Å². The highest BCUT2D eigenvalue weighted by molar-refractivity contribution is 7.73. The van der Waals surface area contributed by atoms with Crippen molar-refractivity contribution in [3.05, 3.63) is 3.95 Å². The number of piperidine rings is 1. The van der Waals surface area contributed by atoms with Crippen LogP contribution in [0.5, 0.6) is 0 Å². The van der Waals surface area contributed by atoms with Gasteiger partial charge in [-0.3, -0.25) is 5.10 Å². The Hall–Kier alpha value is -0.460. The summed E-state index contributed by atoms with van der Waals surface area (Å²) in [6.45, 7) is 2.29. The highest BCUT2D eigenvalue weighted by Gasteiger charge is 2.17. The fraction of sp³-hybridized carbons (Fsp3) is 0.750. The van der Waals surface area contributed by atoms with Gasteiger partial charge in [0.2, 0.25) is 5.13 Å². The van der Waals surface area contributed by atoms with Gasteiger partial charge in [-0.05, 0) is 38.7 Å². The van der Waals surface area contributed by atoms with Crippen molar-refractivity contribution >= 4 is 28.7 Å². The fourth-order valence-electron chi connectivity index (χ4n) is 1.75. The Labute approximate surface area is 92.3 Å². The number of nitrogens with one attached hydrogen (secondary N) is 2. The summed E-state index contributed by atoms with van der Waals surface area (Å²) in [5.41, 5.74) is 0. The van der Waals surface area contributed by atoms with Gasteiger partial charge in [-0.1, -0.05) is 11.3 Å². The molecule has 1 atom stereocenters. The smallest absolute Gasteiger partial charge is 0.204 e. The van der Waals surface area contributed by atoms with Gasteiger partial charge in [-0.25, -0.2) is 0 Å². The number of likely N-dealkylation sites (N-methyl/N-ethyl adjacent to an activating group) is 1. The summed E-state index contributed by atoms with van der Waals surface area (Å²) >= 11 is 6.47. The van der Waals surface area contributed by atoms with E-state index in [1.165, 1.54) is 30.7 Å². The molecule has 4 nitrogen and oxygen atoms in total. The predicted octanol–water partition coefficient (Wildman–Crippen LogP) is 1.71. The standard InChI is InChI=1S/C8H14N4S2/c1-12-4-2-3-6(5-12)9-7-10-11-8(13)14-7/h6H,2-5H2,1H3,(H,9,10)(H,11,13). The van der Waals surface area contributed by atoms with Crippen LogP contribution >= 0.6 is 23.6 Å². The lowest BCUT2D eigenvalue weighted by atomic mass is 10.1. The molecule has 0 spiro atoms. The Morgan fingerprint density at radius 1 is 1.71 bits per heavy atom. The molecule has 1 unspecified atom stereocenters. The third kappa shape index (κ3) is 2.52. The Balaban J connectivity index is 1.93. The second kappa shape index (κ2) is 4.37. The van der Waals surface area contributed by atoms with E-state index in [-0.39, 0.29) is 0 Å². The van der Waals surface area contributed by atoms with Crippen molar-refractivity contribution in [3.63, 3.8) is 0 Å². The monoisotopic (exact) mass is 230 g/mol. The van der Waals surface area contributed by atoms with Crippen LogP contribution in [0.2, 0.25) is 0 Å². The largest absolute Gasteiger partial charge is 0.356 e. The normalized spacial score (nSPS) is 23.6. The number of anilines is 1. The van der Waals surface area contributed by atoms with Gasteiger partial charge >= 0.3 is 0 Å². The molecule has 2 rings (SSSR count). The highest BCUT2D eigenvalue weighted by Crippen LogP contribution is 2.16. The van der Waals surface area contributed by atoms with Crippen LogP contribution in [0.4, 0.5) is 5.13 Å². The van der Waals surface area contributed by atoms with Gasteiger partial charge < -0.3 is 10.2 Å². The minimum atomic E-state index is 0.516. The second-order valence-corrected chi connectivity index (χ2v) is 5.33. The van der Waals surface area contributed by atoms with Crippen molar-refractivity contribution < 1.29 is 0 Å². The van der Waals surface area contributed by atoms with Gasteiger partial charge in [-0.15, -0.1) is 5.10 Å². The van der Waals surface area contributed by atoms with E-state index in [1.54, 1.807) is 0 Å². The number of rotatable bonds is 2. The van der Waals surface area contributed by atoms with E-state index in [2.05, 4.69) is 27.5 Å². The lowest BCUT2D eigenvalue weighted by Crippen LogP contribution is -2.39. The van der Waals surface area contributed by atoms with Crippen molar-refractivity contribution in [2.24, 2.45) is 0 Å². The molecule has 1 aliphatic rings. The maximum absolute atomic E-state index is 4.97. The van der Waals surface area contributed by atoms with Crippen LogP contribution < -0.4 is 5.32 Å². The van der Waals surface area contributed by atoms with Crippen molar-refractivity contribution in [1.82, 2.24) is 15.1 Å². The molecule has 0 bridgehead atoms. The predicted molar refractivity (Wildman–Crippen MR) is 61.4 cm³/mol. The van der Waals surface area contributed by atoms with Gasteiger partial charge in [0.25, 0.3) is 0 Å². The summed E-state index contributed by atoms with van der Waals surface area (Å²) in [6, 6.07) is 0.516. The van der Waals surface area contributed by atoms with Gasteiger partial charge in [0.1, 0.15) is 0 Å². The average molecular weight is 230 g/mol. The molecule has 14 heavy (non-hydrogen) atoms. The lowest BCUT2D eigenvalue weighted by Gasteiger charge is -2.29. The number of H-pyrrole nitrogens is 1. The molecular formula is C8H14N4S2. The van der Waals surface area contributed by atoms with Gasteiger partial charge in [0, 0.05) is 12.6 Å². The van der Waals surface area contributed by atoms with Gasteiger partial charge in [0.05, 0.1) is 0 Å². The Bertz CT molecular complexity index is 345. The number of likely N-dealkylation sites (tertiary alicyclic amines) is 1. The molecule has 2 N–H and O–H groups in total. The fourth-order valence-corrected chi connectivity index (χ4v) is 2.62. The maximum Gasteiger partial charge on any atom is 0.204 e. The van der Waals surface area contributed by atoms with Crippen molar-refractivity contribution in [2.75, 3.05) is 25.5 Å². The average Bonchev–Trinajstić information content (AvgIpc) is 2.51. The van der Waals surface area contributed by atoms with Gasteiger partial charge in [0.15, 0.2) is 3.95 Å². The molecule has 0 aliphatic carbocycles. The Morgan fingerprint density at radius 2 is 2.57 bits per heavy atom. The van der Waals surface area contributed by atoms with E-state index in [1.807, 2.05) is 0 Å². The van der Waals surface area contributed by atoms with Crippen LogP contribution in [0, 0.1) is 3.95 Å². The topological polar surface area (TPSA) is 44.0 Å². The molecule has 0 amide bonds. The van der Waals surface area contributed by atoms with E-state index in [0.717, 1.165) is 15.6 Å². The van der Waals surface area contributed by atoms with Crippen LogP contribution in [0.25, 0.3) is 0 Å². The molecule has 1 aromatic rings. The van der Waals surface area contributed by atoms with Crippen LogP contribution in [-0.2, 0) is 0 Å². The zero-order valence-electron chi connectivity index (χ0n) is 8.12. The quantitative estimate of drug-likeness (QED) is 0.759. The summed E-state index contributed by atoms with van der Waals surface area (Å²) in [4.78, 5) is 2.34. The summed E-state index contributed by atoms with van der Waals surface area (Å²) in [5, 5.41) is 11.2. The summed E-state index contributed by atoms with van der Waals surface area (Å²) in [6.07, 6.45) is 2.47. The number of aromatic amines is 1. The minimum absolute atomic E-state index is 0.516. The van der Waals surface area contributed by atoms with Crippen LogP contribution in [0.3, 0.4) is 0 Å². The first-order valence-corrected chi connectivity index (χ1v) is 5.97. The molecule has 1 fully saturated rings.